The number of rotatable bonds is 4. The summed E-state index contributed by atoms with van der Waals surface area (Å²) < 4.78 is 5.27. The summed E-state index contributed by atoms with van der Waals surface area (Å²) in [4.78, 5) is 9.70. The summed E-state index contributed by atoms with van der Waals surface area (Å²) >= 11 is 0. The zero-order valence-electron chi connectivity index (χ0n) is 18.8. The highest BCUT2D eigenvalue weighted by atomic mass is 16.5. The number of aryl methyl sites for hydroxylation is 1. The number of piperazine rings is 1. The van der Waals surface area contributed by atoms with Crippen LogP contribution in [-0.2, 0) is 6.54 Å². The van der Waals surface area contributed by atoms with Gasteiger partial charge in [0.15, 0.2) is 5.84 Å². The molecule has 0 N–H and O–H groups in total. The van der Waals surface area contributed by atoms with Crippen LogP contribution >= 0.6 is 0 Å². The van der Waals surface area contributed by atoms with E-state index in [1.807, 2.05) is 54.6 Å². The van der Waals surface area contributed by atoms with Gasteiger partial charge in [-0.3, -0.25) is 4.90 Å². The first-order chi connectivity index (χ1) is 15.7. The smallest absolute Gasteiger partial charge is 0.182 e. The Hall–Kier alpha value is -3.55. The van der Waals surface area contributed by atoms with Gasteiger partial charge in [-0.2, -0.15) is 0 Å². The Kier molecular flexibility index (Phi) is 7.22. The first-order valence-corrected chi connectivity index (χ1v) is 11.0. The number of benzene rings is 3. The topological polar surface area (TPSA) is 28.1 Å². The van der Waals surface area contributed by atoms with E-state index < -0.39 is 0 Å². The molecule has 32 heavy (non-hydrogen) atoms. The predicted molar refractivity (Wildman–Crippen MR) is 131 cm³/mol. The monoisotopic (exact) mass is 423 g/mol. The molecule has 0 amide bonds. The van der Waals surface area contributed by atoms with Crippen LogP contribution in [0.25, 0.3) is 0 Å². The summed E-state index contributed by atoms with van der Waals surface area (Å²) in [6.45, 7) is 6.96. The van der Waals surface area contributed by atoms with Crippen molar-refractivity contribution in [1.82, 2.24) is 9.80 Å². The van der Waals surface area contributed by atoms with E-state index in [1.165, 1.54) is 11.1 Å². The molecule has 4 rings (SSSR count). The lowest BCUT2D eigenvalue weighted by Crippen LogP contribution is -2.48. The highest BCUT2D eigenvalue weighted by molar-refractivity contribution is 6.00. The van der Waals surface area contributed by atoms with E-state index in [2.05, 4.69) is 52.8 Å². The van der Waals surface area contributed by atoms with Gasteiger partial charge in [0.2, 0.25) is 0 Å². The van der Waals surface area contributed by atoms with Gasteiger partial charge < -0.3 is 9.64 Å². The molecule has 1 aliphatic heterocycles. The van der Waals surface area contributed by atoms with Crippen molar-refractivity contribution >= 4 is 11.5 Å². The fourth-order valence-corrected chi connectivity index (χ4v) is 3.75. The van der Waals surface area contributed by atoms with Crippen LogP contribution in [0.2, 0.25) is 0 Å². The van der Waals surface area contributed by atoms with Crippen LogP contribution in [0, 0.1) is 18.8 Å². The molecule has 162 valence electrons. The summed E-state index contributed by atoms with van der Waals surface area (Å²) in [5.74, 6) is 8.25. The molecule has 0 atom stereocenters. The van der Waals surface area contributed by atoms with Gasteiger partial charge in [-0.1, -0.05) is 48.4 Å². The van der Waals surface area contributed by atoms with E-state index in [4.69, 9.17) is 9.73 Å². The van der Waals surface area contributed by atoms with Gasteiger partial charge in [0.1, 0.15) is 5.75 Å². The lowest BCUT2D eigenvalue weighted by atomic mass is 10.1. The number of methoxy groups -OCH3 is 1. The van der Waals surface area contributed by atoms with Crippen LogP contribution < -0.4 is 4.74 Å². The van der Waals surface area contributed by atoms with E-state index in [0.29, 0.717) is 0 Å². The van der Waals surface area contributed by atoms with Crippen molar-refractivity contribution in [2.75, 3.05) is 33.3 Å². The molecule has 4 heteroatoms. The molecule has 1 fully saturated rings. The molecule has 3 aromatic carbocycles. The first-order valence-electron chi connectivity index (χ1n) is 11.0. The van der Waals surface area contributed by atoms with Crippen molar-refractivity contribution in [2.45, 2.75) is 13.5 Å². The van der Waals surface area contributed by atoms with E-state index in [1.54, 1.807) is 7.11 Å². The Morgan fingerprint density at radius 2 is 1.56 bits per heavy atom. The van der Waals surface area contributed by atoms with E-state index >= 15 is 0 Å². The summed E-state index contributed by atoms with van der Waals surface area (Å²) in [6.07, 6.45) is 0. The largest absolute Gasteiger partial charge is 0.497 e. The Labute approximate surface area is 191 Å². The van der Waals surface area contributed by atoms with Crippen LogP contribution in [0.15, 0.2) is 83.9 Å². The van der Waals surface area contributed by atoms with Crippen LogP contribution in [0.3, 0.4) is 0 Å². The normalized spacial score (nSPS) is 14.6. The van der Waals surface area contributed by atoms with E-state index in [0.717, 1.165) is 55.6 Å². The summed E-state index contributed by atoms with van der Waals surface area (Å²) in [6, 6.07) is 26.5. The van der Waals surface area contributed by atoms with Crippen molar-refractivity contribution in [1.29, 1.82) is 0 Å². The number of hydrogen-bond acceptors (Lipinski definition) is 3. The minimum atomic E-state index is 0.814. The Morgan fingerprint density at radius 1 is 0.875 bits per heavy atom. The molecule has 1 aliphatic rings. The zero-order chi connectivity index (χ0) is 22.2. The Morgan fingerprint density at radius 3 is 2.25 bits per heavy atom. The summed E-state index contributed by atoms with van der Waals surface area (Å²) in [5, 5.41) is 0. The Bertz CT molecular complexity index is 1100. The molecule has 1 heterocycles. The standard InChI is InChI=1S/C28H29N3O/c1-23-8-6-7-11-25(23)22-30-18-20-31(21-19-30)28(17-12-24-9-4-3-5-10-24)29-26-13-15-27(32-2)16-14-26/h3-11,13-16H,18-22H2,1-2H3/b29-28-. The molecule has 0 unspecified atom stereocenters. The third-order valence-electron chi connectivity index (χ3n) is 5.73. The van der Waals surface area contributed by atoms with Gasteiger partial charge in [-0.15, -0.1) is 0 Å². The maximum Gasteiger partial charge on any atom is 0.182 e. The van der Waals surface area contributed by atoms with Crippen molar-refractivity contribution < 1.29 is 4.74 Å². The second kappa shape index (κ2) is 10.7. The third-order valence-corrected chi connectivity index (χ3v) is 5.73. The van der Waals surface area contributed by atoms with Crippen molar-refractivity contribution in [3.63, 3.8) is 0 Å². The van der Waals surface area contributed by atoms with Crippen LogP contribution in [0.5, 0.6) is 5.75 Å². The van der Waals surface area contributed by atoms with Gasteiger partial charge in [-0.25, -0.2) is 4.99 Å². The second-order valence-corrected chi connectivity index (χ2v) is 7.94. The fourth-order valence-electron chi connectivity index (χ4n) is 3.75. The molecule has 1 saturated heterocycles. The zero-order valence-corrected chi connectivity index (χ0v) is 18.8. The van der Waals surface area contributed by atoms with Crippen LogP contribution in [-0.4, -0.2) is 48.9 Å². The quantitative estimate of drug-likeness (QED) is 0.339. The first kappa shape index (κ1) is 21.7. The van der Waals surface area contributed by atoms with Crippen LogP contribution in [0.1, 0.15) is 16.7 Å². The molecule has 4 nitrogen and oxygen atoms in total. The SMILES string of the molecule is COc1ccc(/N=C(/C#Cc2ccccc2)N2CCN(Cc3ccccc3C)CC2)cc1. The van der Waals surface area contributed by atoms with Gasteiger partial charge in [0.25, 0.3) is 0 Å². The van der Waals surface area contributed by atoms with Gasteiger partial charge in [0, 0.05) is 38.3 Å². The third kappa shape index (κ3) is 5.78. The van der Waals surface area contributed by atoms with Gasteiger partial charge in [0.05, 0.1) is 12.8 Å². The minimum absolute atomic E-state index is 0.814. The van der Waals surface area contributed by atoms with Crippen LogP contribution in [0.4, 0.5) is 5.69 Å². The highest BCUT2D eigenvalue weighted by Crippen LogP contribution is 2.19. The number of aliphatic imine (C=N–C) groups is 1. The van der Waals surface area contributed by atoms with Crippen molar-refractivity contribution in [2.24, 2.45) is 4.99 Å². The van der Waals surface area contributed by atoms with E-state index in [9.17, 15) is 0 Å². The number of hydrogen-bond donors (Lipinski definition) is 0. The molecule has 0 spiro atoms. The molecule has 3 aromatic rings. The average molecular weight is 424 g/mol. The molecular weight excluding hydrogens is 394 g/mol. The molecule has 0 saturated carbocycles. The predicted octanol–water partition coefficient (Wildman–Crippen LogP) is 4.90. The van der Waals surface area contributed by atoms with Crippen molar-refractivity contribution in [3.8, 4) is 17.6 Å². The average Bonchev–Trinajstić information content (AvgIpc) is 2.85. The summed E-state index contributed by atoms with van der Waals surface area (Å²) in [7, 11) is 1.67. The van der Waals surface area contributed by atoms with E-state index in [-0.39, 0.29) is 0 Å². The summed E-state index contributed by atoms with van der Waals surface area (Å²) in [5.41, 5.74) is 4.63. The van der Waals surface area contributed by atoms with Crippen molar-refractivity contribution in [3.05, 3.63) is 95.6 Å². The molecular formula is C28H29N3O. The maximum atomic E-state index is 5.27. The highest BCUT2D eigenvalue weighted by Gasteiger charge is 2.19. The number of amidine groups is 1. The molecule has 0 aliphatic carbocycles. The number of ether oxygens (including phenoxy) is 1. The van der Waals surface area contributed by atoms with Gasteiger partial charge in [-0.05, 0) is 60.4 Å². The fraction of sp³-hybridized carbons (Fsp3) is 0.250. The Balaban J connectivity index is 1.50. The second-order valence-electron chi connectivity index (χ2n) is 7.94. The maximum absolute atomic E-state index is 5.27. The number of nitrogens with zero attached hydrogens (tertiary/aromatic N) is 3. The molecule has 0 radical (unpaired) electrons. The molecule has 0 bridgehead atoms. The lowest BCUT2D eigenvalue weighted by molar-refractivity contribution is 0.176. The van der Waals surface area contributed by atoms with Gasteiger partial charge >= 0.3 is 0 Å². The molecule has 0 aromatic heterocycles. The minimum Gasteiger partial charge on any atom is -0.497 e. The lowest BCUT2D eigenvalue weighted by Gasteiger charge is -2.35.